The highest BCUT2D eigenvalue weighted by atomic mass is 32.1. The number of phenolic OH excluding ortho intramolecular Hbond substituents is 1. The molecule has 96 valence electrons. The van der Waals surface area contributed by atoms with Crippen LogP contribution >= 0.6 is 11.3 Å². The minimum Gasteiger partial charge on any atom is -0.503 e. The zero-order chi connectivity index (χ0) is 13.1. The number of phenols is 1. The average Bonchev–Trinajstić information content (AvgIpc) is 2.81. The Morgan fingerprint density at radius 1 is 1.28 bits per heavy atom. The highest BCUT2D eigenvalue weighted by molar-refractivity contribution is 7.15. The van der Waals surface area contributed by atoms with E-state index in [2.05, 4.69) is 15.5 Å². The summed E-state index contributed by atoms with van der Waals surface area (Å²) in [5, 5.41) is 21.2. The maximum atomic E-state index is 13.1. The summed E-state index contributed by atoms with van der Waals surface area (Å²) < 4.78 is 26.2. The molecule has 1 aromatic heterocycles. The SMILES string of the molecule is CCc1nnc(NCc2cc(F)c(O)c(F)c2)s1. The van der Waals surface area contributed by atoms with Crippen molar-refractivity contribution in [1.29, 1.82) is 0 Å². The first-order valence-electron chi connectivity index (χ1n) is 5.33. The number of benzene rings is 1. The monoisotopic (exact) mass is 271 g/mol. The number of aromatic nitrogens is 2. The van der Waals surface area contributed by atoms with Gasteiger partial charge in [-0.25, -0.2) is 8.78 Å². The van der Waals surface area contributed by atoms with Crippen molar-refractivity contribution in [2.45, 2.75) is 19.9 Å². The fourth-order valence-electron chi connectivity index (χ4n) is 1.37. The predicted molar refractivity (Wildman–Crippen MR) is 64.6 cm³/mol. The number of nitrogens with one attached hydrogen (secondary N) is 1. The molecule has 0 saturated carbocycles. The highest BCUT2D eigenvalue weighted by Gasteiger charge is 2.10. The Kier molecular flexibility index (Phi) is 3.71. The van der Waals surface area contributed by atoms with E-state index in [1.165, 1.54) is 11.3 Å². The summed E-state index contributed by atoms with van der Waals surface area (Å²) >= 11 is 1.39. The number of hydrogen-bond acceptors (Lipinski definition) is 5. The highest BCUT2D eigenvalue weighted by Crippen LogP contribution is 2.22. The maximum Gasteiger partial charge on any atom is 0.205 e. The predicted octanol–water partition coefficient (Wildman–Crippen LogP) is 2.70. The van der Waals surface area contributed by atoms with Gasteiger partial charge in [0, 0.05) is 6.54 Å². The number of aryl methyl sites for hydroxylation is 1. The molecule has 0 spiro atoms. The fourth-order valence-corrected chi connectivity index (χ4v) is 2.04. The third kappa shape index (κ3) is 2.73. The van der Waals surface area contributed by atoms with Crippen LogP contribution in [0.1, 0.15) is 17.5 Å². The molecule has 0 amide bonds. The smallest absolute Gasteiger partial charge is 0.205 e. The number of nitrogens with zero attached hydrogens (tertiary/aromatic N) is 2. The van der Waals surface area contributed by atoms with Crippen LogP contribution in [0.5, 0.6) is 5.75 Å². The summed E-state index contributed by atoms with van der Waals surface area (Å²) in [5.41, 5.74) is 0.385. The molecular weight excluding hydrogens is 260 g/mol. The second-order valence-electron chi connectivity index (χ2n) is 3.62. The number of aromatic hydroxyl groups is 1. The van der Waals surface area contributed by atoms with Crippen LogP contribution in [-0.2, 0) is 13.0 Å². The Balaban J connectivity index is 2.06. The normalized spacial score (nSPS) is 10.6. The van der Waals surface area contributed by atoms with Crippen molar-refractivity contribution in [2.75, 3.05) is 5.32 Å². The van der Waals surface area contributed by atoms with Crippen LogP contribution in [0.3, 0.4) is 0 Å². The summed E-state index contributed by atoms with van der Waals surface area (Å²) in [6.07, 6.45) is 0.793. The molecule has 0 aliphatic carbocycles. The number of anilines is 1. The Hall–Kier alpha value is -1.76. The van der Waals surface area contributed by atoms with E-state index in [0.29, 0.717) is 10.7 Å². The van der Waals surface area contributed by atoms with Gasteiger partial charge in [-0.15, -0.1) is 10.2 Å². The summed E-state index contributed by atoms with van der Waals surface area (Å²) in [4.78, 5) is 0. The van der Waals surface area contributed by atoms with Crippen molar-refractivity contribution in [2.24, 2.45) is 0 Å². The van der Waals surface area contributed by atoms with E-state index in [-0.39, 0.29) is 6.54 Å². The lowest BCUT2D eigenvalue weighted by Crippen LogP contribution is -2.00. The topological polar surface area (TPSA) is 58.0 Å². The molecule has 0 aliphatic heterocycles. The van der Waals surface area contributed by atoms with Gasteiger partial charge in [-0.05, 0) is 24.1 Å². The van der Waals surface area contributed by atoms with Crippen molar-refractivity contribution in [3.05, 3.63) is 34.3 Å². The van der Waals surface area contributed by atoms with Gasteiger partial charge < -0.3 is 10.4 Å². The minimum absolute atomic E-state index is 0.215. The molecule has 0 fully saturated rings. The first kappa shape index (κ1) is 12.7. The van der Waals surface area contributed by atoms with Gasteiger partial charge in [0.05, 0.1) is 0 Å². The zero-order valence-electron chi connectivity index (χ0n) is 9.57. The zero-order valence-corrected chi connectivity index (χ0v) is 10.4. The van der Waals surface area contributed by atoms with Crippen molar-refractivity contribution >= 4 is 16.5 Å². The van der Waals surface area contributed by atoms with Crippen LogP contribution in [0.25, 0.3) is 0 Å². The average molecular weight is 271 g/mol. The van der Waals surface area contributed by atoms with E-state index >= 15 is 0 Å². The molecule has 2 rings (SSSR count). The number of halogens is 2. The molecule has 2 N–H and O–H groups in total. The van der Waals surface area contributed by atoms with E-state index in [1.807, 2.05) is 6.92 Å². The summed E-state index contributed by atoms with van der Waals surface area (Å²) in [5.74, 6) is -2.90. The molecule has 0 unspecified atom stereocenters. The number of rotatable bonds is 4. The van der Waals surface area contributed by atoms with Crippen LogP contribution in [-0.4, -0.2) is 15.3 Å². The van der Waals surface area contributed by atoms with Gasteiger partial charge in [0.2, 0.25) is 5.13 Å². The van der Waals surface area contributed by atoms with Crippen LogP contribution in [0.2, 0.25) is 0 Å². The van der Waals surface area contributed by atoms with Crippen molar-refractivity contribution in [1.82, 2.24) is 10.2 Å². The standard InChI is InChI=1S/C11H11F2N3OS/c1-2-9-15-16-11(18-9)14-5-6-3-7(12)10(17)8(13)4-6/h3-4,17H,2,5H2,1H3,(H,14,16). The Morgan fingerprint density at radius 3 is 2.50 bits per heavy atom. The van der Waals surface area contributed by atoms with Gasteiger partial charge in [0.15, 0.2) is 17.4 Å². The first-order valence-corrected chi connectivity index (χ1v) is 6.15. The third-order valence-corrected chi connectivity index (χ3v) is 3.32. The lowest BCUT2D eigenvalue weighted by Gasteiger charge is -2.04. The van der Waals surface area contributed by atoms with Crippen molar-refractivity contribution < 1.29 is 13.9 Å². The van der Waals surface area contributed by atoms with Crippen LogP contribution < -0.4 is 5.32 Å². The number of hydrogen-bond donors (Lipinski definition) is 2. The van der Waals surface area contributed by atoms with Crippen LogP contribution in [0.15, 0.2) is 12.1 Å². The van der Waals surface area contributed by atoms with E-state index in [9.17, 15) is 8.78 Å². The molecule has 0 radical (unpaired) electrons. The van der Waals surface area contributed by atoms with Crippen molar-refractivity contribution in [3.8, 4) is 5.75 Å². The van der Waals surface area contributed by atoms with Gasteiger partial charge in [-0.1, -0.05) is 18.3 Å². The molecule has 0 bridgehead atoms. The summed E-state index contributed by atoms with van der Waals surface area (Å²) in [6.45, 7) is 2.18. The molecule has 0 aliphatic rings. The van der Waals surface area contributed by atoms with E-state index in [1.54, 1.807) is 0 Å². The Bertz CT molecular complexity index is 536. The molecule has 1 heterocycles. The largest absolute Gasteiger partial charge is 0.503 e. The Morgan fingerprint density at radius 2 is 1.94 bits per heavy atom. The molecule has 2 aromatic rings. The summed E-state index contributed by atoms with van der Waals surface area (Å²) in [7, 11) is 0. The van der Waals surface area contributed by atoms with E-state index < -0.39 is 17.4 Å². The van der Waals surface area contributed by atoms with Gasteiger partial charge in [0.1, 0.15) is 5.01 Å². The minimum atomic E-state index is -0.974. The van der Waals surface area contributed by atoms with Crippen LogP contribution in [0, 0.1) is 11.6 Å². The molecule has 0 saturated heterocycles. The third-order valence-electron chi connectivity index (χ3n) is 2.29. The van der Waals surface area contributed by atoms with E-state index in [0.717, 1.165) is 23.6 Å². The molecule has 0 atom stereocenters. The van der Waals surface area contributed by atoms with Gasteiger partial charge in [-0.2, -0.15) is 0 Å². The lowest BCUT2D eigenvalue weighted by molar-refractivity contribution is 0.395. The lowest BCUT2D eigenvalue weighted by atomic mass is 10.2. The first-order chi connectivity index (χ1) is 8.60. The second kappa shape index (κ2) is 5.26. The molecular formula is C11H11F2N3OS. The molecule has 7 heteroatoms. The summed E-state index contributed by atoms with van der Waals surface area (Å²) in [6, 6.07) is 2.15. The molecule has 1 aromatic carbocycles. The molecule has 4 nitrogen and oxygen atoms in total. The van der Waals surface area contributed by atoms with Crippen LogP contribution in [0.4, 0.5) is 13.9 Å². The second-order valence-corrected chi connectivity index (χ2v) is 4.68. The van der Waals surface area contributed by atoms with Gasteiger partial charge in [0.25, 0.3) is 0 Å². The van der Waals surface area contributed by atoms with Gasteiger partial charge in [-0.3, -0.25) is 0 Å². The fraction of sp³-hybridized carbons (Fsp3) is 0.273. The van der Waals surface area contributed by atoms with E-state index in [4.69, 9.17) is 5.11 Å². The van der Waals surface area contributed by atoms with Gasteiger partial charge >= 0.3 is 0 Å². The maximum absolute atomic E-state index is 13.1. The molecule has 18 heavy (non-hydrogen) atoms. The van der Waals surface area contributed by atoms with Crippen molar-refractivity contribution in [3.63, 3.8) is 0 Å². The Labute approximate surface area is 106 Å². The quantitative estimate of drug-likeness (QED) is 0.897.